The van der Waals surface area contributed by atoms with E-state index in [1.54, 1.807) is 0 Å². The summed E-state index contributed by atoms with van der Waals surface area (Å²) >= 11 is 0.635. The molecule has 2 rings (SSSR count). The Morgan fingerprint density at radius 1 is 1.54 bits per heavy atom. The fraction of sp³-hybridized carbons (Fsp3) is 0.308. The fourth-order valence-electron chi connectivity index (χ4n) is 1.89. The van der Waals surface area contributed by atoms with Crippen LogP contribution in [-0.2, 0) is 13.2 Å². The van der Waals surface area contributed by atoms with Crippen molar-refractivity contribution < 1.29 is 32.3 Å². The van der Waals surface area contributed by atoms with Crippen LogP contribution in [0.15, 0.2) is 15.6 Å². The van der Waals surface area contributed by atoms with Crippen molar-refractivity contribution in [2.24, 2.45) is 7.05 Å². The van der Waals surface area contributed by atoms with Gasteiger partial charge >= 0.3 is 6.18 Å². The average molecular weight is 358 g/mol. The van der Waals surface area contributed by atoms with Gasteiger partial charge in [0.25, 0.3) is 5.69 Å². The van der Waals surface area contributed by atoms with E-state index in [0.29, 0.717) is 11.8 Å². The number of pyridine rings is 1. The maximum atomic E-state index is 13.0. The summed E-state index contributed by atoms with van der Waals surface area (Å²) in [6.45, 7) is 1.35. The highest BCUT2D eigenvalue weighted by atomic mass is 32.2. The lowest BCUT2D eigenvalue weighted by Gasteiger charge is -2.12. The summed E-state index contributed by atoms with van der Waals surface area (Å²) < 4.78 is 44.2. The van der Waals surface area contributed by atoms with Gasteiger partial charge in [0.15, 0.2) is 13.0 Å². The molecule has 24 heavy (non-hydrogen) atoms. The van der Waals surface area contributed by atoms with Crippen LogP contribution in [0.5, 0.6) is 5.95 Å². The first-order valence-electron chi connectivity index (χ1n) is 6.33. The highest BCUT2D eigenvalue weighted by Crippen LogP contribution is 2.36. The number of nitriles is 1. The third kappa shape index (κ3) is 3.48. The number of alkyl halides is 3. The molecule has 2 aromatic heterocycles. The van der Waals surface area contributed by atoms with Crippen LogP contribution in [0.2, 0.25) is 0 Å². The van der Waals surface area contributed by atoms with E-state index >= 15 is 0 Å². The Balaban J connectivity index is 2.32. The molecule has 0 radical (unpaired) electrons. The Kier molecular flexibility index (Phi) is 4.79. The molecule has 0 atom stereocenters. The number of carbonyl (C=O) groups is 1. The van der Waals surface area contributed by atoms with Crippen LogP contribution in [0.3, 0.4) is 0 Å². The number of aryl methyl sites for hydroxylation is 2. The summed E-state index contributed by atoms with van der Waals surface area (Å²) in [5, 5.41) is 23.4. The number of carbonyl (C=O) groups excluding carboxylic acids is 1. The second kappa shape index (κ2) is 6.48. The topological polar surface area (TPSA) is 107 Å². The second-order valence-electron chi connectivity index (χ2n) is 4.65. The van der Waals surface area contributed by atoms with Crippen LogP contribution in [0.25, 0.3) is 0 Å². The number of Topliss-reactive ketones (excluding diaryl/α,β-unsaturated/α-hetero) is 1. The summed E-state index contributed by atoms with van der Waals surface area (Å²) in [6, 6.07) is 2.23. The molecule has 0 unspecified atom stereocenters. The lowest BCUT2D eigenvalue weighted by Crippen LogP contribution is -2.37. The molecule has 0 amide bonds. The minimum atomic E-state index is -4.72. The molecule has 0 aliphatic carbocycles. The van der Waals surface area contributed by atoms with Gasteiger partial charge in [-0.2, -0.15) is 18.4 Å². The van der Waals surface area contributed by atoms with Gasteiger partial charge in [0.1, 0.15) is 11.1 Å². The van der Waals surface area contributed by atoms with Crippen molar-refractivity contribution in [3.63, 3.8) is 0 Å². The molecule has 2 heterocycles. The standard InChI is InChI=1S/C13H9F3N4O3S/c1-6-3-8(13(14,15)16)7(4-17)11(18-6)24-5-9(21)10-12(22)23-19-20(10)2/h3H,5H2,1-2H3. The van der Waals surface area contributed by atoms with Crippen LogP contribution >= 0.6 is 11.8 Å². The third-order valence-corrected chi connectivity index (χ3v) is 3.87. The van der Waals surface area contributed by atoms with Crippen molar-refractivity contribution in [3.8, 4) is 12.0 Å². The van der Waals surface area contributed by atoms with E-state index in [0.717, 1.165) is 10.7 Å². The maximum absolute atomic E-state index is 13.0. The van der Waals surface area contributed by atoms with Gasteiger partial charge in [0.2, 0.25) is 5.78 Å². The average Bonchev–Trinajstić information content (AvgIpc) is 2.82. The van der Waals surface area contributed by atoms with Gasteiger partial charge in [-0.05, 0) is 13.0 Å². The molecule has 0 bridgehead atoms. The number of thioether (sulfide) groups is 1. The zero-order valence-electron chi connectivity index (χ0n) is 12.3. The van der Waals surface area contributed by atoms with Crippen LogP contribution in [0, 0.1) is 18.3 Å². The number of ketones is 1. The first kappa shape index (κ1) is 17.7. The number of hydrogen-bond donors (Lipinski definition) is 0. The normalized spacial score (nSPS) is 11.3. The van der Waals surface area contributed by atoms with Crippen molar-refractivity contribution >= 4 is 17.5 Å². The van der Waals surface area contributed by atoms with Crippen molar-refractivity contribution in [2.45, 2.75) is 18.1 Å². The summed E-state index contributed by atoms with van der Waals surface area (Å²) in [7, 11) is 1.32. The molecule has 7 nitrogen and oxygen atoms in total. The molecule has 11 heteroatoms. The highest BCUT2D eigenvalue weighted by molar-refractivity contribution is 8.00. The molecule has 0 N–H and O–H groups in total. The number of halogens is 3. The molecular weight excluding hydrogens is 349 g/mol. The van der Waals surface area contributed by atoms with Gasteiger partial charge in [-0.15, -0.1) is 0 Å². The predicted octanol–water partition coefficient (Wildman–Crippen LogP) is 1.14. The zero-order valence-corrected chi connectivity index (χ0v) is 13.2. The summed E-state index contributed by atoms with van der Waals surface area (Å²) in [6.07, 6.45) is -4.72. The van der Waals surface area contributed by atoms with Crippen molar-refractivity contribution in [1.82, 2.24) is 10.3 Å². The zero-order chi connectivity index (χ0) is 18.1. The van der Waals surface area contributed by atoms with Gasteiger partial charge in [0, 0.05) is 5.69 Å². The van der Waals surface area contributed by atoms with E-state index in [1.807, 2.05) is 0 Å². The largest absolute Gasteiger partial charge is 0.539 e. The lowest BCUT2D eigenvalue weighted by molar-refractivity contribution is -0.741. The van der Waals surface area contributed by atoms with E-state index in [2.05, 4.69) is 14.8 Å². The number of aromatic nitrogens is 3. The number of nitrogens with zero attached hydrogens (tertiary/aromatic N) is 4. The van der Waals surface area contributed by atoms with E-state index in [-0.39, 0.29) is 16.4 Å². The summed E-state index contributed by atoms with van der Waals surface area (Å²) in [5.41, 5.74) is -2.07. The van der Waals surface area contributed by atoms with E-state index in [4.69, 9.17) is 5.26 Å². The number of hydrogen-bond acceptors (Lipinski definition) is 7. The molecule has 0 saturated carbocycles. The molecule has 0 aliphatic rings. The lowest BCUT2D eigenvalue weighted by atomic mass is 10.1. The molecule has 0 spiro atoms. The van der Waals surface area contributed by atoms with E-state index in [1.165, 1.54) is 20.0 Å². The van der Waals surface area contributed by atoms with Crippen molar-refractivity contribution in [3.05, 3.63) is 28.6 Å². The Labute approximate surface area is 137 Å². The van der Waals surface area contributed by atoms with E-state index < -0.39 is 34.8 Å². The summed E-state index contributed by atoms with van der Waals surface area (Å²) in [5.74, 6) is -2.04. The van der Waals surface area contributed by atoms with Crippen LogP contribution in [-0.4, -0.2) is 21.8 Å². The quantitative estimate of drug-likeness (QED) is 0.458. The van der Waals surface area contributed by atoms with Gasteiger partial charge in [0.05, 0.1) is 22.2 Å². The predicted molar refractivity (Wildman–Crippen MR) is 70.9 cm³/mol. The van der Waals surface area contributed by atoms with Gasteiger partial charge in [-0.3, -0.25) is 4.79 Å². The molecule has 0 fully saturated rings. The van der Waals surface area contributed by atoms with Gasteiger partial charge in [-0.25, -0.2) is 4.98 Å². The maximum Gasteiger partial charge on any atom is 0.417 e. The minimum absolute atomic E-state index is 0.0521. The van der Waals surface area contributed by atoms with Crippen LogP contribution < -0.4 is 9.79 Å². The van der Waals surface area contributed by atoms with Gasteiger partial charge in [-0.1, -0.05) is 16.4 Å². The van der Waals surface area contributed by atoms with Crippen LogP contribution in [0.4, 0.5) is 13.2 Å². The monoisotopic (exact) mass is 358 g/mol. The Morgan fingerprint density at radius 3 is 2.71 bits per heavy atom. The Bertz CT molecular complexity index is 823. The highest BCUT2D eigenvalue weighted by Gasteiger charge is 2.36. The molecule has 0 saturated heterocycles. The first-order chi connectivity index (χ1) is 11.1. The Hall–Kier alpha value is -2.61. The number of rotatable bonds is 4. The third-order valence-electron chi connectivity index (χ3n) is 2.90. The molecule has 0 aromatic carbocycles. The smallest absolute Gasteiger partial charge is 0.417 e. The fourth-order valence-corrected chi connectivity index (χ4v) is 2.80. The SMILES string of the molecule is Cc1cc(C(F)(F)F)c(C#N)c(SCC(=O)c2c([O-])on[n+]2C)n1. The van der Waals surface area contributed by atoms with Crippen molar-refractivity contribution in [2.75, 3.05) is 5.75 Å². The second-order valence-corrected chi connectivity index (χ2v) is 5.61. The first-order valence-corrected chi connectivity index (χ1v) is 7.31. The van der Waals surface area contributed by atoms with E-state index in [9.17, 15) is 23.1 Å². The molecule has 2 aromatic rings. The molecular formula is C13H9F3N4O3S. The Morgan fingerprint density at radius 2 is 2.21 bits per heavy atom. The van der Waals surface area contributed by atoms with Crippen LogP contribution in [0.1, 0.15) is 27.3 Å². The van der Waals surface area contributed by atoms with Crippen molar-refractivity contribution in [1.29, 1.82) is 5.26 Å². The molecule has 126 valence electrons. The van der Waals surface area contributed by atoms with Gasteiger partial charge < -0.3 is 9.63 Å². The summed E-state index contributed by atoms with van der Waals surface area (Å²) in [4.78, 5) is 15.9. The minimum Gasteiger partial charge on any atom is -0.539 e. The molecule has 0 aliphatic heterocycles.